The van der Waals surface area contributed by atoms with Crippen LogP contribution in [0.15, 0.2) is 29.2 Å². The molecule has 1 aromatic rings. The first-order valence-electron chi connectivity index (χ1n) is 5.94. The number of aliphatic hydroxyl groups excluding tert-OH is 1. The minimum Gasteiger partial charge on any atom is -0.394 e. The highest BCUT2D eigenvalue weighted by atomic mass is 35.5. The standard InChI is InChI=1S/C13H16ClNO2S/c14-10-3-1-2-4-11(10)18-8-5-12(17)15-13(9-16)6-7-13/h1-4,16H,5-9H2,(H,15,17). The largest absolute Gasteiger partial charge is 0.394 e. The Kier molecular flexibility index (Phi) is 4.54. The van der Waals surface area contributed by atoms with Gasteiger partial charge in [-0.05, 0) is 25.0 Å². The van der Waals surface area contributed by atoms with Crippen molar-refractivity contribution in [3.8, 4) is 0 Å². The molecular formula is C13H16ClNO2S. The van der Waals surface area contributed by atoms with Crippen LogP contribution < -0.4 is 5.32 Å². The fraction of sp³-hybridized carbons (Fsp3) is 0.462. The summed E-state index contributed by atoms with van der Waals surface area (Å²) in [5.41, 5.74) is -0.313. The summed E-state index contributed by atoms with van der Waals surface area (Å²) in [6.45, 7) is 0.0381. The zero-order valence-electron chi connectivity index (χ0n) is 9.99. The Labute approximate surface area is 116 Å². The van der Waals surface area contributed by atoms with Crippen molar-refractivity contribution in [2.75, 3.05) is 12.4 Å². The number of hydrogen-bond acceptors (Lipinski definition) is 3. The highest BCUT2D eigenvalue weighted by molar-refractivity contribution is 7.99. The summed E-state index contributed by atoms with van der Waals surface area (Å²) in [5, 5.41) is 12.7. The van der Waals surface area contributed by atoms with E-state index in [-0.39, 0.29) is 18.1 Å². The van der Waals surface area contributed by atoms with E-state index in [0.717, 1.165) is 22.8 Å². The maximum atomic E-state index is 11.7. The Balaban J connectivity index is 1.72. The summed E-state index contributed by atoms with van der Waals surface area (Å²) < 4.78 is 0. The van der Waals surface area contributed by atoms with E-state index in [1.807, 2.05) is 24.3 Å². The molecule has 3 nitrogen and oxygen atoms in total. The topological polar surface area (TPSA) is 49.3 Å². The molecule has 5 heteroatoms. The van der Waals surface area contributed by atoms with Gasteiger partial charge in [0.05, 0.1) is 17.2 Å². The van der Waals surface area contributed by atoms with Gasteiger partial charge in [-0.25, -0.2) is 0 Å². The van der Waals surface area contributed by atoms with Crippen molar-refractivity contribution in [3.05, 3.63) is 29.3 Å². The average Bonchev–Trinajstić information content (AvgIpc) is 3.12. The molecule has 0 unspecified atom stereocenters. The molecule has 18 heavy (non-hydrogen) atoms. The van der Waals surface area contributed by atoms with Crippen LogP contribution >= 0.6 is 23.4 Å². The summed E-state index contributed by atoms with van der Waals surface area (Å²) >= 11 is 7.60. The lowest BCUT2D eigenvalue weighted by Gasteiger charge is -2.13. The van der Waals surface area contributed by atoms with Crippen LogP contribution in [0.25, 0.3) is 0 Å². The van der Waals surface area contributed by atoms with Crippen molar-refractivity contribution in [1.29, 1.82) is 0 Å². The van der Waals surface area contributed by atoms with Gasteiger partial charge in [-0.15, -0.1) is 11.8 Å². The smallest absolute Gasteiger partial charge is 0.221 e. The monoisotopic (exact) mass is 285 g/mol. The number of thioether (sulfide) groups is 1. The van der Waals surface area contributed by atoms with E-state index in [1.165, 1.54) is 0 Å². The molecule has 0 atom stereocenters. The van der Waals surface area contributed by atoms with Crippen LogP contribution in [0.2, 0.25) is 5.02 Å². The lowest BCUT2D eigenvalue weighted by Crippen LogP contribution is -2.39. The third-order valence-electron chi connectivity index (χ3n) is 2.98. The van der Waals surface area contributed by atoms with E-state index in [1.54, 1.807) is 11.8 Å². The van der Waals surface area contributed by atoms with Crippen molar-refractivity contribution >= 4 is 29.3 Å². The molecule has 1 aliphatic rings. The van der Waals surface area contributed by atoms with Gasteiger partial charge in [0.15, 0.2) is 0 Å². The van der Waals surface area contributed by atoms with Crippen LogP contribution in [-0.2, 0) is 4.79 Å². The number of hydrogen-bond donors (Lipinski definition) is 2. The third kappa shape index (κ3) is 3.64. The molecule has 0 saturated heterocycles. The average molecular weight is 286 g/mol. The van der Waals surface area contributed by atoms with E-state index >= 15 is 0 Å². The number of nitrogens with one attached hydrogen (secondary N) is 1. The van der Waals surface area contributed by atoms with Gasteiger partial charge in [0.1, 0.15) is 0 Å². The second-order valence-corrected chi connectivity index (χ2v) is 6.06. The van der Waals surface area contributed by atoms with Gasteiger partial charge >= 0.3 is 0 Å². The molecule has 1 fully saturated rings. The fourth-order valence-electron chi connectivity index (χ4n) is 1.65. The van der Waals surface area contributed by atoms with Gasteiger partial charge in [-0.2, -0.15) is 0 Å². The van der Waals surface area contributed by atoms with Crippen molar-refractivity contribution in [2.24, 2.45) is 0 Å². The Hall–Kier alpha value is -0.710. The predicted octanol–water partition coefficient (Wildman–Crippen LogP) is 2.46. The molecule has 0 heterocycles. The minimum absolute atomic E-state index is 0.00102. The van der Waals surface area contributed by atoms with Crippen molar-refractivity contribution < 1.29 is 9.90 Å². The minimum atomic E-state index is -0.313. The molecule has 2 rings (SSSR count). The molecule has 0 bridgehead atoms. The fourth-order valence-corrected chi connectivity index (χ4v) is 2.83. The van der Waals surface area contributed by atoms with Gasteiger partial charge in [0.2, 0.25) is 5.91 Å². The Morgan fingerprint density at radius 2 is 2.17 bits per heavy atom. The van der Waals surface area contributed by atoms with Crippen LogP contribution in [0.4, 0.5) is 0 Å². The molecule has 1 amide bonds. The molecule has 0 aliphatic heterocycles. The predicted molar refractivity (Wildman–Crippen MR) is 74.0 cm³/mol. The number of aliphatic hydroxyl groups is 1. The van der Waals surface area contributed by atoms with Gasteiger partial charge in [0, 0.05) is 17.1 Å². The Morgan fingerprint density at radius 1 is 1.44 bits per heavy atom. The first-order valence-corrected chi connectivity index (χ1v) is 7.31. The lowest BCUT2D eigenvalue weighted by atomic mass is 10.3. The number of benzene rings is 1. The molecular weight excluding hydrogens is 270 g/mol. The summed E-state index contributed by atoms with van der Waals surface area (Å²) in [6, 6.07) is 7.60. The quantitative estimate of drug-likeness (QED) is 0.790. The second kappa shape index (κ2) is 5.95. The zero-order valence-corrected chi connectivity index (χ0v) is 11.6. The lowest BCUT2D eigenvalue weighted by molar-refractivity contribution is -0.122. The van der Waals surface area contributed by atoms with E-state index < -0.39 is 0 Å². The van der Waals surface area contributed by atoms with Crippen molar-refractivity contribution in [1.82, 2.24) is 5.32 Å². The summed E-state index contributed by atoms with van der Waals surface area (Å²) in [7, 11) is 0. The Morgan fingerprint density at radius 3 is 2.78 bits per heavy atom. The van der Waals surface area contributed by atoms with E-state index in [4.69, 9.17) is 16.7 Å². The molecule has 2 N–H and O–H groups in total. The first kappa shape index (κ1) is 13.7. The summed E-state index contributed by atoms with van der Waals surface area (Å²) in [6.07, 6.45) is 2.21. The number of rotatable bonds is 6. The number of amides is 1. The molecule has 0 aromatic heterocycles. The summed E-state index contributed by atoms with van der Waals surface area (Å²) in [5.74, 6) is 0.693. The highest BCUT2D eigenvalue weighted by Gasteiger charge is 2.43. The van der Waals surface area contributed by atoms with E-state index in [9.17, 15) is 4.79 Å². The van der Waals surface area contributed by atoms with Gasteiger partial charge in [0.25, 0.3) is 0 Å². The second-order valence-electron chi connectivity index (χ2n) is 4.52. The van der Waals surface area contributed by atoms with Gasteiger partial charge in [-0.1, -0.05) is 23.7 Å². The number of carbonyl (C=O) groups is 1. The van der Waals surface area contributed by atoms with Gasteiger partial charge < -0.3 is 10.4 Å². The summed E-state index contributed by atoms with van der Waals surface area (Å²) in [4.78, 5) is 12.7. The molecule has 98 valence electrons. The molecule has 1 aliphatic carbocycles. The van der Waals surface area contributed by atoms with Crippen LogP contribution in [0.1, 0.15) is 19.3 Å². The van der Waals surface area contributed by atoms with Crippen molar-refractivity contribution in [3.63, 3.8) is 0 Å². The highest BCUT2D eigenvalue weighted by Crippen LogP contribution is 2.34. The number of carbonyl (C=O) groups excluding carboxylic acids is 1. The van der Waals surface area contributed by atoms with Crippen LogP contribution in [0, 0.1) is 0 Å². The number of halogens is 1. The molecule has 0 spiro atoms. The third-order valence-corrected chi connectivity index (χ3v) is 4.50. The molecule has 1 saturated carbocycles. The normalized spacial score (nSPS) is 16.3. The van der Waals surface area contributed by atoms with E-state index in [2.05, 4.69) is 5.32 Å². The maximum absolute atomic E-state index is 11.7. The van der Waals surface area contributed by atoms with Crippen LogP contribution in [0.5, 0.6) is 0 Å². The van der Waals surface area contributed by atoms with Gasteiger partial charge in [-0.3, -0.25) is 4.79 Å². The van der Waals surface area contributed by atoms with Crippen LogP contribution in [-0.4, -0.2) is 28.9 Å². The Bertz CT molecular complexity index is 435. The maximum Gasteiger partial charge on any atom is 0.221 e. The zero-order chi connectivity index (χ0) is 13.0. The van der Waals surface area contributed by atoms with E-state index in [0.29, 0.717) is 12.2 Å². The molecule has 1 aromatic carbocycles. The first-order chi connectivity index (χ1) is 8.65. The van der Waals surface area contributed by atoms with Crippen LogP contribution in [0.3, 0.4) is 0 Å². The van der Waals surface area contributed by atoms with Crippen molar-refractivity contribution in [2.45, 2.75) is 29.7 Å². The molecule has 0 radical (unpaired) electrons. The SMILES string of the molecule is O=C(CCSc1ccccc1Cl)NC1(CO)CC1.